The van der Waals surface area contributed by atoms with Crippen molar-refractivity contribution in [2.75, 3.05) is 0 Å². The zero-order valence-electron chi connectivity index (χ0n) is 7.64. The summed E-state index contributed by atoms with van der Waals surface area (Å²) < 4.78 is 25.3. The highest BCUT2D eigenvalue weighted by atomic mass is 79.9. The molecule has 78 valence electrons. The Labute approximate surface area is 85.6 Å². The van der Waals surface area contributed by atoms with Crippen molar-refractivity contribution in [3.05, 3.63) is 0 Å². The van der Waals surface area contributed by atoms with Crippen LogP contribution in [0.25, 0.3) is 0 Å². The van der Waals surface area contributed by atoms with Crippen LogP contribution in [0.15, 0.2) is 0 Å². The maximum Gasteiger partial charge on any atom is 0.326 e. The molecule has 1 saturated carbocycles. The van der Waals surface area contributed by atoms with Crippen molar-refractivity contribution < 1.29 is 13.9 Å². The molecule has 0 aliphatic heterocycles. The molecule has 1 nitrogen and oxygen atoms in total. The van der Waals surface area contributed by atoms with Gasteiger partial charge in [-0.05, 0) is 40.6 Å². The van der Waals surface area contributed by atoms with Crippen LogP contribution in [0.5, 0.6) is 0 Å². The van der Waals surface area contributed by atoms with Crippen LogP contribution in [0.2, 0.25) is 0 Å². The van der Waals surface area contributed by atoms with E-state index in [4.69, 9.17) is 0 Å². The Morgan fingerprint density at radius 3 is 2.15 bits per heavy atom. The average Bonchev–Trinajstić information content (AvgIpc) is 2.03. The van der Waals surface area contributed by atoms with Crippen molar-refractivity contribution in [3.8, 4) is 0 Å². The molecule has 0 amide bonds. The number of aliphatic hydroxyl groups is 1. The quantitative estimate of drug-likeness (QED) is 0.753. The standard InChI is InChI=1S/C9H15BrF2O/c1-6-2-4-7(5-3-6)8(13)9(10,11)12/h6-8,13H,2-5H2,1H3. The summed E-state index contributed by atoms with van der Waals surface area (Å²) in [6, 6.07) is 0. The first-order valence-corrected chi connectivity index (χ1v) is 5.45. The fraction of sp³-hybridized carbons (Fsp3) is 1.00. The lowest BCUT2D eigenvalue weighted by Gasteiger charge is -2.31. The van der Waals surface area contributed by atoms with E-state index in [1.807, 2.05) is 0 Å². The lowest BCUT2D eigenvalue weighted by atomic mass is 9.80. The summed E-state index contributed by atoms with van der Waals surface area (Å²) >= 11 is 2.21. The minimum atomic E-state index is -3.13. The molecule has 4 heteroatoms. The van der Waals surface area contributed by atoms with Crippen molar-refractivity contribution in [1.82, 2.24) is 0 Å². The summed E-state index contributed by atoms with van der Waals surface area (Å²) in [6.07, 6.45) is 1.79. The first-order chi connectivity index (χ1) is 5.91. The van der Waals surface area contributed by atoms with Gasteiger partial charge in [-0.3, -0.25) is 0 Å². The summed E-state index contributed by atoms with van der Waals surface area (Å²) in [5, 5.41) is 9.30. The van der Waals surface area contributed by atoms with Gasteiger partial charge >= 0.3 is 4.83 Å². The van der Waals surface area contributed by atoms with E-state index in [2.05, 4.69) is 22.9 Å². The Hall–Kier alpha value is 0.300. The second-order valence-corrected chi connectivity index (χ2v) is 5.06. The van der Waals surface area contributed by atoms with E-state index in [0.29, 0.717) is 18.8 Å². The molecular weight excluding hydrogens is 242 g/mol. The maximum absolute atomic E-state index is 12.7. The first kappa shape index (κ1) is 11.4. The van der Waals surface area contributed by atoms with Gasteiger partial charge in [0.2, 0.25) is 0 Å². The van der Waals surface area contributed by atoms with E-state index in [9.17, 15) is 13.9 Å². The fourth-order valence-corrected chi connectivity index (χ4v) is 2.24. The largest absolute Gasteiger partial charge is 0.386 e. The molecule has 0 saturated heterocycles. The molecule has 0 heterocycles. The normalized spacial score (nSPS) is 33.0. The lowest BCUT2D eigenvalue weighted by molar-refractivity contribution is -0.0692. The van der Waals surface area contributed by atoms with Gasteiger partial charge in [-0.2, -0.15) is 8.78 Å². The van der Waals surface area contributed by atoms with Crippen LogP contribution in [0, 0.1) is 11.8 Å². The summed E-state index contributed by atoms with van der Waals surface area (Å²) in [6.45, 7) is 2.12. The van der Waals surface area contributed by atoms with Gasteiger partial charge in [-0.25, -0.2) is 0 Å². The summed E-state index contributed by atoms with van der Waals surface area (Å²) in [5.41, 5.74) is 0. The van der Waals surface area contributed by atoms with E-state index < -0.39 is 10.9 Å². The number of hydrogen-bond donors (Lipinski definition) is 1. The first-order valence-electron chi connectivity index (χ1n) is 4.66. The highest BCUT2D eigenvalue weighted by Gasteiger charge is 2.41. The maximum atomic E-state index is 12.7. The van der Waals surface area contributed by atoms with E-state index in [1.165, 1.54) is 0 Å². The molecule has 1 unspecified atom stereocenters. The van der Waals surface area contributed by atoms with E-state index in [-0.39, 0.29) is 5.92 Å². The predicted molar refractivity (Wildman–Crippen MR) is 51.0 cm³/mol. The summed E-state index contributed by atoms with van der Waals surface area (Å²) in [5.74, 6) is 0.373. The number of rotatable bonds is 2. The third-order valence-electron chi connectivity index (χ3n) is 2.84. The molecule has 0 spiro atoms. The van der Waals surface area contributed by atoms with Crippen molar-refractivity contribution in [3.63, 3.8) is 0 Å². The molecule has 1 atom stereocenters. The average molecular weight is 257 g/mol. The Balaban J connectivity index is 2.45. The number of hydrogen-bond acceptors (Lipinski definition) is 1. The molecule has 0 bridgehead atoms. The van der Waals surface area contributed by atoms with Gasteiger partial charge in [0.15, 0.2) is 0 Å². The third kappa shape index (κ3) is 3.17. The van der Waals surface area contributed by atoms with Gasteiger partial charge < -0.3 is 5.11 Å². The van der Waals surface area contributed by atoms with E-state index in [1.54, 1.807) is 0 Å². The highest BCUT2D eigenvalue weighted by molar-refractivity contribution is 9.10. The Morgan fingerprint density at radius 2 is 1.77 bits per heavy atom. The Kier molecular flexibility index (Phi) is 3.69. The zero-order chi connectivity index (χ0) is 10.1. The minimum Gasteiger partial charge on any atom is -0.386 e. The van der Waals surface area contributed by atoms with E-state index >= 15 is 0 Å². The van der Waals surface area contributed by atoms with Gasteiger partial charge in [-0.15, -0.1) is 0 Å². The molecule has 1 N–H and O–H groups in total. The highest BCUT2D eigenvalue weighted by Crippen LogP contribution is 2.38. The second kappa shape index (κ2) is 4.22. The molecule has 1 fully saturated rings. The molecular formula is C9H15BrF2O. The summed E-state index contributed by atoms with van der Waals surface area (Å²) in [4.78, 5) is -3.13. The van der Waals surface area contributed by atoms with Gasteiger partial charge in [0.05, 0.1) is 0 Å². The molecule has 0 aromatic heterocycles. The van der Waals surface area contributed by atoms with Crippen LogP contribution in [0.1, 0.15) is 32.6 Å². The minimum absolute atomic E-state index is 0.245. The summed E-state index contributed by atoms with van der Waals surface area (Å²) in [7, 11) is 0. The van der Waals surface area contributed by atoms with Crippen molar-refractivity contribution in [1.29, 1.82) is 0 Å². The van der Waals surface area contributed by atoms with Crippen LogP contribution in [0.4, 0.5) is 8.78 Å². The van der Waals surface area contributed by atoms with Crippen molar-refractivity contribution in [2.24, 2.45) is 11.8 Å². The predicted octanol–water partition coefficient (Wildman–Crippen LogP) is 3.16. The van der Waals surface area contributed by atoms with Gasteiger partial charge in [-0.1, -0.05) is 19.8 Å². The molecule has 0 aromatic carbocycles. The van der Waals surface area contributed by atoms with Crippen LogP contribution < -0.4 is 0 Å². The molecule has 13 heavy (non-hydrogen) atoms. The molecule has 0 radical (unpaired) electrons. The van der Waals surface area contributed by atoms with Crippen molar-refractivity contribution >= 4 is 15.9 Å². The SMILES string of the molecule is CC1CCC(C(O)C(F)(F)Br)CC1. The molecule has 1 aliphatic rings. The monoisotopic (exact) mass is 256 g/mol. The zero-order valence-corrected chi connectivity index (χ0v) is 9.23. The van der Waals surface area contributed by atoms with Crippen LogP contribution in [-0.4, -0.2) is 16.0 Å². The number of alkyl halides is 3. The van der Waals surface area contributed by atoms with E-state index in [0.717, 1.165) is 12.8 Å². The lowest BCUT2D eigenvalue weighted by Crippen LogP contribution is -2.36. The third-order valence-corrected chi connectivity index (χ3v) is 3.31. The van der Waals surface area contributed by atoms with Gasteiger partial charge in [0.25, 0.3) is 0 Å². The molecule has 1 rings (SSSR count). The van der Waals surface area contributed by atoms with Gasteiger partial charge in [0, 0.05) is 0 Å². The van der Waals surface area contributed by atoms with Crippen molar-refractivity contribution in [2.45, 2.75) is 43.5 Å². The molecule has 0 aromatic rings. The number of aliphatic hydroxyl groups excluding tert-OH is 1. The smallest absolute Gasteiger partial charge is 0.326 e. The van der Waals surface area contributed by atoms with Gasteiger partial charge in [0.1, 0.15) is 6.10 Å². The van der Waals surface area contributed by atoms with Crippen LogP contribution >= 0.6 is 15.9 Å². The second-order valence-electron chi connectivity index (χ2n) is 4.01. The van der Waals surface area contributed by atoms with Crippen LogP contribution in [-0.2, 0) is 0 Å². The number of halogens is 3. The van der Waals surface area contributed by atoms with Crippen LogP contribution in [0.3, 0.4) is 0 Å². The Bertz CT molecular complexity index is 161. The fourth-order valence-electron chi connectivity index (χ4n) is 1.87. The Morgan fingerprint density at radius 1 is 1.31 bits per heavy atom. The molecule has 1 aliphatic carbocycles. The topological polar surface area (TPSA) is 20.2 Å².